The SMILES string of the molecule is CN=C(NCc1ccc(Cl)cc1)NC1CN(C(C)C)CC1C.I. The quantitative estimate of drug-likeness (QED) is 0.420. The first-order chi connectivity index (χ1) is 10.5. The summed E-state index contributed by atoms with van der Waals surface area (Å²) < 4.78 is 0. The van der Waals surface area contributed by atoms with Crippen molar-refractivity contribution in [3.63, 3.8) is 0 Å². The molecule has 130 valence electrons. The molecule has 1 fully saturated rings. The lowest BCUT2D eigenvalue weighted by atomic mass is 10.1. The van der Waals surface area contributed by atoms with Crippen LogP contribution in [0.4, 0.5) is 0 Å². The van der Waals surface area contributed by atoms with Crippen LogP contribution < -0.4 is 10.6 Å². The molecule has 0 aromatic heterocycles. The van der Waals surface area contributed by atoms with Gasteiger partial charge in [0.15, 0.2) is 5.96 Å². The zero-order valence-electron chi connectivity index (χ0n) is 14.3. The highest BCUT2D eigenvalue weighted by molar-refractivity contribution is 14.0. The minimum absolute atomic E-state index is 0. The average Bonchev–Trinajstić information content (AvgIpc) is 2.86. The van der Waals surface area contributed by atoms with Crippen LogP contribution >= 0.6 is 35.6 Å². The van der Waals surface area contributed by atoms with Crippen molar-refractivity contribution >= 4 is 41.5 Å². The number of guanidine groups is 1. The van der Waals surface area contributed by atoms with Crippen molar-refractivity contribution in [2.45, 2.75) is 39.4 Å². The molecule has 4 nitrogen and oxygen atoms in total. The highest BCUT2D eigenvalue weighted by Crippen LogP contribution is 2.18. The molecule has 2 rings (SSSR count). The number of halogens is 2. The van der Waals surface area contributed by atoms with Crippen LogP contribution in [0.3, 0.4) is 0 Å². The number of likely N-dealkylation sites (tertiary alicyclic amines) is 1. The maximum Gasteiger partial charge on any atom is 0.191 e. The van der Waals surface area contributed by atoms with Crippen LogP contribution in [0.1, 0.15) is 26.3 Å². The molecular formula is C17H28ClIN4. The van der Waals surface area contributed by atoms with Crippen LogP contribution in [0.5, 0.6) is 0 Å². The third kappa shape index (κ3) is 6.12. The van der Waals surface area contributed by atoms with Gasteiger partial charge in [0.25, 0.3) is 0 Å². The second-order valence-electron chi connectivity index (χ2n) is 6.33. The number of hydrogen-bond donors (Lipinski definition) is 2. The summed E-state index contributed by atoms with van der Waals surface area (Å²) in [6.07, 6.45) is 0. The lowest BCUT2D eigenvalue weighted by molar-refractivity contribution is 0.265. The number of nitrogens with one attached hydrogen (secondary N) is 2. The molecule has 1 saturated heterocycles. The third-order valence-corrected chi connectivity index (χ3v) is 4.54. The number of rotatable bonds is 4. The van der Waals surface area contributed by atoms with Crippen molar-refractivity contribution in [2.24, 2.45) is 10.9 Å². The van der Waals surface area contributed by atoms with E-state index >= 15 is 0 Å². The summed E-state index contributed by atoms with van der Waals surface area (Å²) >= 11 is 5.91. The standard InChI is InChI=1S/C17H27ClN4.HI/c1-12(2)22-10-13(3)16(11-22)21-17(19-4)20-9-14-5-7-15(18)8-6-14;/h5-8,12-13,16H,9-11H2,1-4H3,(H2,19,20,21);1H. The molecule has 0 bridgehead atoms. The molecule has 0 spiro atoms. The van der Waals surface area contributed by atoms with Gasteiger partial charge in [-0.15, -0.1) is 24.0 Å². The van der Waals surface area contributed by atoms with Gasteiger partial charge in [0.2, 0.25) is 0 Å². The monoisotopic (exact) mass is 450 g/mol. The fraction of sp³-hybridized carbons (Fsp3) is 0.588. The summed E-state index contributed by atoms with van der Waals surface area (Å²) in [4.78, 5) is 6.85. The minimum atomic E-state index is 0. The molecule has 2 unspecified atom stereocenters. The second kappa shape index (κ2) is 9.69. The van der Waals surface area contributed by atoms with Crippen LogP contribution in [-0.2, 0) is 6.54 Å². The molecule has 6 heteroatoms. The van der Waals surface area contributed by atoms with E-state index < -0.39 is 0 Å². The molecule has 0 saturated carbocycles. The van der Waals surface area contributed by atoms with Gasteiger partial charge in [-0.05, 0) is 37.5 Å². The third-order valence-electron chi connectivity index (χ3n) is 4.29. The van der Waals surface area contributed by atoms with E-state index in [1.165, 1.54) is 5.56 Å². The van der Waals surface area contributed by atoms with Crippen molar-refractivity contribution in [3.05, 3.63) is 34.9 Å². The minimum Gasteiger partial charge on any atom is -0.352 e. The Morgan fingerprint density at radius 3 is 2.48 bits per heavy atom. The van der Waals surface area contributed by atoms with Gasteiger partial charge < -0.3 is 10.6 Å². The fourth-order valence-electron chi connectivity index (χ4n) is 2.77. The van der Waals surface area contributed by atoms with Gasteiger partial charge in [0.1, 0.15) is 0 Å². The summed E-state index contributed by atoms with van der Waals surface area (Å²) in [6.45, 7) is 9.76. The van der Waals surface area contributed by atoms with E-state index in [9.17, 15) is 0 Å². The molecule has 1 aromatic rings. The predicted octanol–water partition coefficient (Wildman–Crippen LogP) is 3.35. The van der Waals surface area contributed by atoms with Gasteiger partial charge in [-0.2, -0.15) is 0 Å². The van der Waals surface area contributed by atoms with E-state index in [1.54, 1.807) is 0 Å². The Hall–Kier alpha value is -0.530. The van der Waals surface area contributed by atoms with Crippen LogP contribution in [0.15, 0.2) is 29.3 Å². The number of hydrogen-bond acceptors (Lipinski definition) is 2. The Morgan fingerprint density at radius 1 is 1.30 bits per heavy atom. The van der Waals surface area contributed by atoms with E-state index in [0.717, 1.165) is 30.6 Å². The summed E-state index contributed by atoms with van der Waals surface area (Å²) in [7, 11) is 1.82. The predicted molar refractivity (Wildman–Crippen MR) is 110 cm³/mol. The van der Waals surface area contributed by atoms with Gasteiger partial charge in [0, 0.05) is 43.8 Å². The largest absolute Gasteiger partial charge is 0.352 e. The molecule has 1 heterocycles. The number of benzene rings is 1. The van der Waals surface area contributed by atoms with Crippen LogP contribution in [0.2, 0.25) is 5.02 Å². The van der Waals surface area contributed by atoms with Crippen molar-refractivity contribution in [3.8, 4) is 0 Å². The van der Waals surface area contributed by atoms with Crippen molar-refractivity contribution < 1.29 is 0 Å². The van der Waals surface area contributed by atoms with Gasteiger partial charge in [-0.3, -0.25) is 9.89 Å². The molecule has 1 aromatic carbocycles. The Kier molecular flexibility index (Phi) is 8.64. The average molecular weight is 451 g/mol. The molecule has 2 N–H and O–H groups in total. The molecule has 23 heavy (non-hydrogen) atoms. The summed E-state index contributed by atoms with van der Waals surface area (Å²) in [5.74, 6) is 1.48. The molecule has 0 aliphatic carbocycles. The number of nitrogens with zero attached hydrogens (tertiary/aromatic N) is 2. The van der Waals surface area contributed by atoms with Gasteiger partial charge in [-0.25, -0.2) is 0 Å². The molecular weight excluding hydrogens is 423 g/mol. The summed E-state index contributed by atoms with van der Waals surface area (Å²) in [6, 6.07) is 8.92. The van der Waals surface area contributed by atoms with Crippen LogP contribution in [0.25, 0.3) is 0 Å². The van der Waals surface area contributed by atoms with Gasteiger partial charge in [0.05, 0.1) is 0 Å². The van der Waals surface area contributed by atoms with Crippen molar-refractivity contribution in [2.75, 3.05) is 20.1 Å². The Labute approximate surface area is 162 Å². The Morgan fingerprint density at radius 2 is 1.96 bits per heavy atom. The summed E-state index contributed by atoms with van der Waals surface area (Å²) in [5.41, 5.74) is 1.19. The first-order valence-electron chi connectivity index (χ1n) is 7.95. The first kappa shape index (κ1) is 20.5. The fourth-order valence-corrected chi connectivity index (χ4v) is 2.90. The molecule has 2 atom stereocenters. The Balaban J connectivity index is 0.00000264. The molecule has 1 aliphatic heterocycles. The molecule has 0 radical (unpaired) electrons. The van der Waals surface area contributed by atoms with Gasteiger partial charge >= 0.3 is 0 Å². The highest BCUT2D eigenvalue weighted by Gasteiger charge is 2.31. The molecule has 1 aliphatic rings. The van der Waals surface area contributed by atoms with E-state index in [1.807, 2.05) is 31.3 Å². The maximum atomic E-state index is 5.91. The number of aliphatic imine (C=N–C) groups is 1. The topological polar surface area (TPSA) is 39.7 Å². The van der Waals surface area contributed by atoms with E-state index in [-0.39, 0.29) is 24.0 Å². The molecule has 0 amide bonds. The van der Waals surface area contributed by atoms with E-state index in [0.29, 0.717) is 18.0 Å². The van der Waals surface area contributed by atoms with E-state index in [4.69, 9.17) is 11.6 Å². The van der Waals surface area contributed by atoms with Crippen LogP contribution in [0, 0.1) is 5.92 Å². The normalized spacial score (nSPS) is 22.1. The lowest BCUT2D eigenvalue weighted by Crippen LogP contribution is -2.46. The lowest BCUT2D eigenvalue weighted by Gasteiger charge is -2.22. The highest BCUT2D eigenvalue weighted by atomic mass is 127. The van der Waals surface area contributed by atoms with Gasteiger partial charge in [-0.1, -0.05) is 30.7 Å². The zero-order chi connectivity index (χ0) is 16.1. The Bertz CT molecular complexity index is 504. The van der Waals surface area contributed by atoms with Crippen LogP contribution in [-0.4, -0.2) is 43.1 Å². The van der Waals surface area contributed by atoms with E-state index in [2.05, 4.69) is 41.3 Å². The second-order valence-corrected chi connectivity index (χ2v) is 6.76. The first-order valence-corrected chi connectivity index (χ1v) is 8.33. The summed E-state index contributed by atoms with van der Waals surface area (Å²) in [5, 5.41) is 7.69. The zero-order valence-corrected chi connectivity index (χ0v) is 17.4. The maximum absolute atomic E-state index is 5.91. The van der Waals surface area contributed by atoms with Crippen molar-refractivity contribution in [1.82, 2.24) is 15.5 Å². The smallest absolute Gasteiger partial charge is 0.191 e. The van der Waals surface area contributed by atoms with Crippen molar-refractivity contribution in [1.29, 1.82) is 0 Å².